The van der Waals surface area contributed by atoms with Crippen LogP contribution >= 0.6 is 0 Å². The van der Waals surface area contributed by atoms with Crippen LogP contribution in [0.25, 0.3) is 0 Å². The maximum Gasteiger partial charge on any atom is 0.246 e. The molecule has 0 aliphatic heterocycles. The maximum atomic E-state index is 12.8. The number of rotatable bonds is 9. The lowest BCUT2D eigenvalue weighted by atomic mass is 10.2. The van der Waals surface area contributed by atoms with Crippen molar-refractivity contribution in [3.05, 3.63) is 84.9 Å². The second kappa shape index (κ2) is 10.8. The molecule has 9 nitrogen and oxygen atoms in total. The lowest BCUT2D eigenvalue weighted by molar-refractivity contribution is -0.116. The van der Waals surface area contributed by atoms with Gasteiger partial charge < -0.3 is 26.0 Å². The van der Waals surface area contributed by atoms with Gasteiger partial charge in [0.1, 0.15) is 11.8 Å². The predicted octanol–water partition coefficient (Wildman–Crippen LogP) is 4.81. The summed E-state index contributed by atoms with van der Waals surface area (Å²) in [5.74, 6) is 1.33. The van der Waals surface area contributed by atoms with Crippen molar-refractivity contribution in [1.82, 2.24) is 15.0 Å². The van der Waals surface area contributed by atoms with Crippen LogP contribution in [-0.2, 0) is 4.79 Å². The molecule has 1 aromatic heterocycles. The molecule has 0 aliphatic rings. The van der Waals surface area contributed by atoms with Gasteiger partial charge in [0.05, 0.1) is 7.11 Å². The Bertz CT molecular complexity index is 1180. The van der Waals surface area contributed by atoms with E-state index in [0.717, 1.165) is 11.4 Å². The number of anilines is 6. The van der Waals surface area contributed by atoms with Crippen molar-refractivity contribution in [3.63, 3.8) is 0 Å². The molecule has 0 saturated carbocycles. The molecule has 0 saturated heterocycles. The number of hydrogen-bond donors (Lipinski definition) is 4. The van der Waals surface area contributed by atoms with E-state index in [1.165, 1.54) is 0 Å². The van der Waals surface area contributed by atoms with Crippen LogP contribution in [0.1, 0.15) is 6.92 Å². The van der Waals surface area contributed by atoms with Gasteiger partial charge in [-0.05, 0) is 43.3 Å². The molecule has 1 amide bonds. The van der Waals surface area contributed by atoms with Crippen molar-refractivity contribution in [1.29, 1.82) is 0 Å². The Hall–Kier alpha value is -4.66. The monoisotopic (exact) mass is 455 g/mol. The lowest BCUT2D eigenvalue weighted by Gasteiger charge is -2.16. The van der Waals surface area contributed by atoms with Crippen LogP contribution in [0.4, 0.5) is 34.9 Å². The molecule has 4 aromatic rings. The molecule has 172 valence electrons. The number of nitrogens with one attached hydrogen (secondary N) is 4. The highest BCUT2D eigenvalue weighted by molar-refractivity contribution is 5.96. The fourth-order valence-corrected chi connectivity index (χ4v) is 3.06. The fourth-order valence-electron chi connectivity index (χ4n) is 3.06. The number of carbonyl (C=O) groups excluding carboxylic acids is 1. The van der Waals surface area contributed by atoms with Crippen molar-refractivity contribution in [2.24, 2.45) is 0 Å². The van der Waals surface area contributed by atoms with Crippen molar-refractivity contribution < 1.29 is 9.53 Å². The number of methoxy groups -OCH3 is 1. The zero-order valence-corrected chi connectivity index (χ0v) is 18.8. The molecule has 0 bridgehead atoms. The van der Waals surface area contributed by atoms with Gasteiger partial charge in [0.25, 0.3) is 0 Å². The summed E-state index contributed by atoms with van der Waals surface area (Å²) in [5.41, 5.74) is 2.29. The largest absolute Gasteiger partial charge is 0.497 e. The molecule has 0 spiro atoms. The predicted molar refractivity (Wildman–Crippen MR) is 134 cm³/mol. The van der Waals surface area contributed by atoms with Gasteiger partial charge in [0.15, 0.2) is 0 Å². The molecule has 1 unspecified atom stereocenters. The van der Waals surface area contributed by atoms with Gasteiger partial charge in [-0.25, -0.2) is 0 Å². The molecule has 0 fully saturated rings. The van der Waals surface area contributed by atoms with E-state index in [2.05, 4.69) is 36.2 Å². The highest BCUT2D eigenvalue weighted by Gasteiger charge is 2.16. The van der Waals surface area contributed by atoms with Gasteiger partial charge in [-0.1, -0.05) is 42.5 Å². The van der Waals surface area contributed by atoms with Crippen LogP contribution < -0.4 is 26.0 Å². The third kappa shape index (κ3) is 6.19. The standard InChI is InChI=1S/C25H25N7O2/c1-17(22(33)27-20-14-9-15-21(16-20)34-2)26-23-30-24(28-18-10-5-3-6-11-18)32-25(31-23)29-19-12-7-4-8-13-19/h3-17H,1-2H3,(H,27,33)(H3,26,28,29,30,31,32). The molecule has 1 atom stereocenters. The number of amides is 1. The first kappa shape index (κ1) is 22.5. The molecule has 4 N–H and O–H groups in total. The van der Waals surface area contributed by atoms with E-state index in [4.69, 9.17) is 4.74 Å². The summed E-state index contributed by atoms with van der Waals surface area (Å²) in [6, 6.07) is 25.7. The zero-order chi connectivity index (χ0) is 23.8. The summed E-state index contributed by atoms with van der Waals surface area (Å²) in [6.07, 6.45) is 0. The summed E-state index contributed by atoms with van der Waals surface area (Å²) in [6.45, 7) is 1.73. The van der Waals surface area contributed by atoms with Crippen molar-refractivity contribution in [3.8, 4) is 5.75 Å². The third-order valence-corrected chi connectivity index (χ3v) is 4.77. The smallest absolute Gasteiger partial charge is 0.246 e. The molecular weight excluding hydrogens is 430 g/mol. The Kier molecular flexibility index (Phi) is 7.14. The Morgan fingerprint density at radius 2 is 1.26 bits per heavy atom. The highest BCUT2D eigenvalue weighted by atomic mass is 16.5. The van der Waals surface area contributed by atoms with E-state index in [1.807, 2.05) is 72.8 Å². The zero-order valence-electron chi connectivity index (χ0n) is 18.8. The topological polar surface area (TPSA) is 113 Å². The summed E-state index contributed by atoms with van der Waals surface area (Å²) in [7, 11) is 1.58. The van der Waals surface area contributed by atoms with Crippen LogP contribution in [0.15, 0.2) is 84.9 Å². The molecule has 3 aromatic carbocycles. The maximum absolute atomic E-state index is 12.8. The SMILES string of the molecule is COc1cccc(NC(=O)C(C)Nc2nc(Nc3ccccc3)nc(Nc3ccccc3)n2)c1. The van der Waals surface area contributed by atoms with Crippen molar-refractivity contribution >= 4 is 40.8 Å². The number of para-hydroxylation sites is 2. The van der Waals surface area contributed by atoms with Gasteiger partial charge in [0, 0.05) is 23.1 Å². The number of ether oxygens (including phenoxy) is 1. The van der Waals surface area contributed by atoms with E-state index in [-0.39, 0.29) is 11.9 Å². The van der Waals surface area contributed by atoms with Crippen molar-refractivity contribution in [2.45, 2.75) is 13.0 Å². The first-order chi connectivity index (χ1) is 16.6. The molecule has 34 heavy (non-hydrogen) atoms. The number of benzene rings is 3. The molecular formula is C25H25N7O2. The first-order valence-corrected chi connectivity index (χ1v) is 10.7. The second-order valence-electron chi connectivity index (χ2n) is 7.38. The first-order valence-electron chi connectivity index (χ1n) is 10.7. The summed E-state index contributed by atoms with van der Waals surface area (Å²) in [4.78, 5) is 26.1. The molecule has 9 heteroatoms. The Balaban J connectivity index is 1.53. The number of hydrogen-bond acceptors (Lipinski definition) is 8. The van der Waals surface area contributed by atoms with Gasteiger partial charge >= 0.3 is 0 Å². The Morgan fingerprint density at radius 3 is 1.82 bits per heavy atom. The van der Waals surface area contributed by atoms with Crippen LogP contribution in [0.5, 0.6) is 5.75 Å². The van der Waals surface area contributed by atoms with Gasteiger partial charge in [0.2, 0.25) is 23.8 Å². The highest BCUT2D eigenvalue weighted by Crippen LogP contribution is 2.20. The number of nitrogens with zero attached hydrogens (tertiary/aromatic N) is 3. The minimum atomic E-state index is -0.622. The number of aromatic nitrogens is 3. The average molecular weight is 456 g/mol. The number of carbonyl (C=O) groups is 1. The van der Waals surface area contributed by atoms with E-state index in [0.29, 0.717) is 23.3 Å². The third-order valence-electron chi connectivity index (χ3n) is 4.77. The van der Waals surface area contributed by atoms with E-state index in [1.54, 1.807) is 26.2 Å². The molecule has 0 aliphatic carbocycles. The van der Waals surface area contributed by atoms with Gasteiger partial charge in [-0.15, -0.1) is 0 Å². The molecule has 1 heterocycles. The summed E-state index contributed by atoms with van der Waals surface area (Å²) in [5, 5.41) is 12.3. The van der Waals surface area contributed by atoms with E-state index < -0.39 is 6.04 Å². The quantitative estimate of drug-likeness (QED) is 0.284. The fraction of sp³-hybridized carbons (Fsp3) is 0.120. The summed E-state index contributed by atoms with van der Waals surface area (Å²) < 4.78 is 5.21. The van der Waals surface area contributed by atoms with E-state index >= 15 is 0 Å². The lowest BCUT2D eigenvalue weighted by Crippen LogP contribution is -2.32. The summed E-state index contributed by atoms with van der Waals surface area (Å²) >= 11 is 0. The Labute approximate surface area is 197 Å². The van der Waals surface area contributed by atoms with Crippen LogP contribution in [0, 0.1) is 0 Å². The molecule has 0 radical (unpaired) electrons. The average Bonchev–Trinajstić information content (AvgIpc) is 2.85. The van der Waals surface area contributed by atoms with E-state index in [9.17, 15) is 4.79 Å². The second-order valence-corrected chi connectivity index (χ2v) is 7.38. The molecule has 4 rings (SSSR count). The van der Waals surface area contributed by atoms with Crippen LogP contribution in [0.2, 0.25) is 0 Å². The van der Waals surface area contributed by atoms with Gasteiger partial charge in [-0.3, -0.25) is 4.79 Å². The van der Waals surface area contributed by atoms with Crippen LogP contribution in [-0.4, -0.2) is 34.0 Å². The minimum absolute atomic E-state index is 0.246. The van der Waals surface area contributed by atoms with Crippen molar-refractivity contribution in [2.75, 3.05) is 28.4 Å². The van der Waals surface area contributed by atoms with Gasteiger partial charge in [-0.2, -0.15) is 15.0 Å². The van der Waals surface area contributed by atoms with Crippen LogP contribution in [0.3, 0.4) is 0 Å². The minimum Gasteiger partial charge on any atom is -0.497 e. The Morgan fingerprint density at radius 1 is 0.735 bits per heavy atom. The normalized spacial score (nSPS) is 11.2.